The average molecular weight is 529 g/mol. The summed E-state index contributed by atoms with van der Waals surface area (Å²) in [6, 6.07) is 9.61. The van der Waals surface area contributed by atoms with E-state index < -0.39 is 27.8 Å². The third-order valence-corrected chi connectivity index (χ3v) is 7.97. The van der Waals surface area contributed by atoms with Crippen molar-refractivity contribution in [3.63, 3.8) is 0 Å². The van der Waals surface area contributed by atoms with Crippen LogP contribution in [0.1, 0.15) is 58.6 Å². The maximum Gasteiger partial charge on any atom is 0.255 e. The van der Waals surface area contributed by atoms with Gasteiger partial charge in [-0.1, -0.05) is 24.3 Å². The number of sulfonamides is 1. The van der Waals surface area contributed by atoms with Crippen LogP contribution in [0.15, 0.2) is 36.4 Å². The molecule has 1 unspecified atom stereocenters. The number of carbonyl (C=O) groups is 3. The first kappa shape index (κ1) is 25.3. The number of anilines is 1. The smallest absolute Gasteiger partial charge is 0.255 e. The van der Waals surface area contributed by atoms with Gasteiger partial charge in [0.2, 0.25) is 21.8 Å². The first-order valence-electron chi connectivity index (χ1n) is 12.3. The first-order chi connectivity index (χ1) is 17.6. The molecule has 37 heavy (non-hydrogen) atoms. The van der Waals surface area contributed by atoms with Crippen LogP contribution in [-0.4, -0.2) is 61.3 Å². The molecule has 0 spiro atoms. The van der Waals surface area contributed by atoms with Gasteiger partial charge in [0.05, 0.1) is 11.9 Å². The molecule has 1 atom stereocenters. The number of hydrogen-bond acceptors (Lipinski definition) is 6. The Morgan fingerprint density at radius 2 is 1.81 bits per heavy atom. The fraction of sp³-hybridized carbons (Fsp3) is 0.423. The number of para-hydroxylation sites is 1. The molecule has 2 aromatic carbocycles. The van der Waals surface area contributed by atoms with Crippen LogP contribution in [0, 0.1) is 5.82 Å². The monoisotopic (exact) mass is 528 g/mol. The molecule has 3 aliphatic rings. The standard InChI is InChI=1S/C26H29FN4O5S/c1-37(35,36)29-22-5-3-2-4-17(22)14-30-10-8-16(9-11-30)19-12-18-15-31(26(34)20(18)13-21(19)27)23-6-7-24(32)28-25(23)33/h2-5,12-13,16,23,29H,6-11,14-15H2,1H3,(H,28,32,33). The van der Waals surface area contributed by atoms with Gasteiger partial charge in [-0.25, -0.2) is 12.8 Å². The van der Waals surface area contributed by atoms with Crippen LogP contribution in [0.3, 0.4) is 0 Å². The number of hydrogen-bond donors (Lipinski definition) is 2. The number of piperidine rings is 2. The highest BCUT2D eigenvalue weighted by Gasteiger charge is 2.40. The molecule has 2 saturated heterocycles. The number of nitrogens with one attached hydrogen (secondary N) is 2. The van der Waals surface area contributed by atoms with Crippen LogP contribution >= 0.6 is 0 Å². The summed E-state index contributed by atoms with van der Waals surface area (Å²) in [5, 5.41) is 2.28. The van der Waals surface area contributed by atoms with E-state index in [0.29, 0.717) is 23.4 Å². The van der Waals surface area contributed by atoms with Gasteiger partial charge in [0, 0.05) is 25.1 Å². The molecule has 2 aromatic rings. The highest BCUT2D eigenvalue weighted by atomic mass is 32.2. The van der Waals surface area contributed by atoms with Gasteiger partial charge >= 0.3 is 0 Å². The average Bonchev–Trinajstić information content (AvgIpc) is 3.14. The van der Waals surface area contributed by atoms with Crippen LogP contribution in [0.5, 0.6) is 0 Å². The van der Waals surface area contributed by atoms with Crippen molar-refractivity contribution in [3.05, 3.63) is 64.5 Å². The third kappa shape index (κ3) is 5.37. The van der Waals surface area contributed by atoms with E-state index in [0.717, 1.165) is 37.8 Å². The van der Waals surface area contributed by atoms with Crippen LogP contribution in [-0.2, 0) is 32.7 Å². The Hall–Kier alpha value is -3.31. The van der Waals surface area contributed by atoms with Crippen molar-refractivity contribution in [2.75, 3.05) is 24.1 Å². The minimum atomic E-state index is -3.39. The maximum absolute atomic E-state index is 15.2. The lowest BCUT2D eigenvalue weighted by Gasteiger charge is -2.33. The van der Waals surface area contributed by atoms with Gasteiger partial charge in [0.15, 0.2) is 0 Å². The largest absolute Gasteiger partial charge is 0.322 e. The van der Waals surface area contributed by atoms with Crippen LogP contribution in [0.25, 0.3) is 0 Å². The minimum absolute atomic E-state index is 0.00862. The predicted molar refractivity (Wildman–Crippen MR) is 135 cm³/mol. The van der Waals surface area contributed by atoms with E-state index in [2.05, 4.69) is 14.9 Å². The van der Waals surface area contributed by atoms with Crippen molar-refractivity contribution in [1.82, 2.24) is 15.1 Å². The van der Waals surface area contributed by atoms with Gasteiger partial charge in [-0.15, -0.1) is 0 Å². The molecular weight excluding hydrogens is 499 g/mol. The summed E-state index contributed by atoms with van der Waals surface area (Å²) in [5.41, 5.74) is 2.99. The molecule has 0 saturated carbocycles. The predicted octanol–water partition coefficient (Wildman–Crippen LogP) is 2.34. The molecule has 0 radical (unpaired) electrons. The molecule has 2 fully saturated rings. The highest BCUT2D eigenvalue weighted by Crippen LogP contribution is 2.36. The lowest BCUT2D eigenvalue weighted by Crippen LogP contribution is -2.52. The fourth-order valence-electron chi connectivity index (χ4n) is 5.52. The number of likely N-dealkylation sites (tertiary alicyclic amines) is 1. The number of rotatable bonds is 6. The SMILES string of the molecule is CS(=O)(=O)Nc1ccccc1CN1CCC(c2cc3c(cc2F)C(=O)N(C2CCC(=O)NC2=O)C3)CC1. The highest BCUT2D eigenvalue weighted by molar-refractivity contribution is 7.92. The van der Waals surface area contributed by atoms with Gasteiger partial charge < -0.3 is 4.90 Å². The second-order valence-corrected chi connectivity index (χ2v) is 11.8. The van der Waals surface area contributed by atoms with E-state index in [9.17, 15) is 22.8 Å². The summed E-state index contributed by atoms with van der Waals surface area (Å²) in [5.74, 6) is -1.64. The van der Waals surface area contributed by atoms with E-state index >= 15 is 4.39 Å². The van der Waals surface area contributed by atoms with Gasteiger partial charge in [0.25, 0.3) is 5.91 Å². The van der Waals surface area contributed by atoms with E-state index in [1.807, 2.05) is 12.1 Å². The normalized spacial score (nSPS) is 21.2. The summed E-state index contributed by atoms with van der Waals surface area (Å²) < 4.78 is 41.1. The summed E-state index contributed by atoms with van der Waals surface area (Å²) >= 11 is 0. The van der Waals surface area contributed by atoms with Crippen LogP contribution in [0.4, 0.5) is 10.1 Å². The minimum Gasteiger partial charge on any atom is -0.322 e. The van der Waals surface area contributed by atoms with Crippen molar-refractivity contribution >= 4 is 33.4 Å². The molecule has 0 aromatic heterocycles. The summed E-state index contributed by atoms with van der Waals surface area (Å²) in [7, 11) is -3.39. The zero-order valence-corrected chi connectivity index (χ0v) is 21.3. The van der Waals surface area contributed by atoms with Crippen LogP contribution in [0.2, 0.25) is 0 Å². The van der Waals surface area contributed by atoms with E-state index in [1.54, 1.807) is 18.2 Å². The van der Waals surface area contributed by atoms with Gasteiger partial charge in [0.1, 0.15) is 11.9 Å². The molecule has 3 heterocycles. The molecule has 9 nitrogen and oxygen atoms in total. The van der Waals surface area contributed by atoms with E-state index in [-0.39, 0.29) is 42.7 Å². The zero-order chi connectivity index (χ0) is 26.3. The van der Waals surface area contributed by atoms with Crippen LogP contribution < -0.4 is 10.0 Å². The maximum atomic E-state index is 15.2. The molecule has 3 aliphatic heterocycles. The molecule has 196 valence electrons. The molecule has 3 amide bonds. The van der Waals surface area contributed by atoms with E-state index in [4.69, 9.17) is 0 Å². The van der Waals surface area contributed by atoms with Gasteiger partial charge in [-0.2, -0.15) is 0 Å². The molecule has 0 bridgehead atoms. The summed E-state index contributed by atoms with van der Waals surface area (Å²) in [6.45, 7) is 2.23. The molecule has 2 N–H and O–H groups in total. The Labute approximate surface area is 215 Å². The Kier molecular flexibility index (Phi) is 6.76. The lowest BCUT2D eigenvalue weighted by molar-refractivity contribution is -0.136. The Morgan fingerprint density at radius 3 is 2.51 bits per heavy atom. The molecule has 5 rings (SSSR count). The zero-order valence-electron chi connectivity index (χ0n) is 20.5. The van der Waals surface area contributed by atoms with Crippen molar-refractivity contribution in [3.8, 4) is 0 Å². The number of halogens is 1. The quantitative estimate of drug-likeness (QED) is 0.556. The number of amides is 3. The number of nitrogens with zero attached hydrogens (tertiary/aromatic N) is 2. The summed E-state index contributed by atoms with van der Waals surface area (Å²) in [4.78, 5) is 40.4. The number of imide groups is 1. The molecular formula is C26H29FN4O5S. The summed E-state index contributed by atoms with van der Waals surface area (Å²) in [6.07, 6.45) is 3.01. The fourth-order valence-corrected chi connectivity index (χ4v) is 6.12. The number of carbonyl (C=O) groups excluding carboxylic acids is 3. The number of fused-ring (bicyclic) bond motifs is 1. The van der Waals surface area contributed by atoms with Crippen molar-refractivity contribution in [2.24, 2.45) is 0 Å². The topological polar surface area (TPSA) is 116 Å². The Balaban J connectivity index is 1.26. The second kappa shape index (κ2) is 9.86. The third-order valence-electron chi connectivity index (χ3n) is 7.37. The molecule has 0 aliphatic carbocycles. The Morgan fingerprint density at radius 1 is 1.08 bits per heavy atom. The van der Waals surface area contributed by atoms with Crippen molar-refractivity contribution in [1.29, 1.82) is 0 Å². The first-order valence-corrected chi connectivity index (χ1v) is 14.2. The second-order valence-electron chi connectivity index (χ2n) is 10.0. The van der Waals surface area contributed by atoms with E-state index in [1.165, 1.54) is 11.0 Å². The van der Waals surface area contributed by atoms with Crippen molar-refractivity contribution < 1.29 is 27.2 Å². The van der Waals surface area contributed by atoms with Gasteiger partial charge in [-0.3, -0.25) is 29.3 Å². The lowest BCUT2D eigenvalue weighted by atomic mass is 9.87. The Bertz CT molecular complexity index is 1370. The van der Waals surface area contributed by atoms with Gasteiger partial charge in [-0.05, 0) is 67.1 Å². The van der Waals surface area contributed by atoms with Crippen molar-refractivity contribution in [2.45, 2.75) is 50.7 Å². The number of benzene rings is 2. The molecule has 11 heteroatoms.